The van der Waals surface area contributed by atoms with Gasteiger partial charge >= 0.3 is 0 Å². The lowest BCUT2D eigenvalue weighted by Crippen LogP contribution is -2.52. The van der Waals surface area contributed by atoms with Crippen LogP contribution in [0.5, 0.6) is 0 Å². The maximum atomic E-state index is 10.2. The van der Waals surface area contributed by atoms with Crippen molar-refractivity contribution < 1.29 is 5.11 Å². The third-order valence-electron chi connectivity index (χ3n) is 3.77. The van der Waals surface area contributed by atoms with E-state index < -0.39 is 0 Å². The fraction of sp³-hybridized carbons (Fsp3) is 1.00. The van der Waals surface area contributed by atoms with Crippen molar-refractivity contribution in [3.63, 3.8) is 0 Å². The molecule has 108 valence electrons. The molecule has 0 bridgehead atoms. The van der Waals surface area contributed by atoms with Crippen LogP contribution in [0.2, 0.25) is 0 Å². The monoisotopic (exact) mass is 257 g/mol. The summed E-state index contributed by atoms with van der Waals surface area (Å²) >= 11 is 0. The van der Waals surface area contributed by atoms with E-state index in [0.717, 1.165) is 32.6 Å². The van der Waals surface area contributed by atoms with Crippen LogP contribution in [0.3, 0.4) is 0 Å². The van der Waals surface area contributed by atoms with Crippen LogP contribution in [0.4, 0.5) is 0 Å². The maximum absolute atomic E-state index is 10.2. The van der Waals surface area contributed by atoms with Gasteiger partial charge in [-0.05, 0) is 54.3 Å². The Labute approximate surface area is 112 Å². The molecule has 0 aromatic carbocycles. The average Bonchev–Trinajstić information content (AvgIpc) is 2.27. The van der Waals surface area contributed by atoms with E-state index >= 15 is 0 Å². The van der Waals surface area contributed by atoms with Crippen LogP contribution in [-0.2, 0) is 0 Å². The zero-order valence-corrected chi connectivity index (χ0v) is 12.7. The Bertz CT molecular complexity index is 238. The molecule has 0 saturated carbocycles. The molecule has 4 nitrogen and oxygen atoms in total. The van der Waals surface area contributed by atoms with E-state index in [1.54, 1.807) is 0 Å². The minimum Gasteiger partial charge on any atom is -0.378 e. The number of hydrogen-bond acceptors (Lipinski definition) is 4. The van der Waals surface area contributed by atoms with Crippen molar-refractivity contribution in [2.75, 3.05) is 40.3 Å². The van der Waals surface area contributed by atoms with Crippen LogP contribution in [0, 0.1) is 5.92 Å². The standard InChI is InChI=1S/C14H31N3O/c1-14(2,3)17-9-6-7-12(11-17)13(18)15-8-10-16(4)5/h12-13,15,18H,6-11H2,1-5H3. The lowest BCUT2D eigenvalue weighted by atomic mass is 9.92. The molecule has 1 aliphatic rings. The summed E-state index contributed by atoms with van der Waals surface area (Å²) < 4.78 is 0. The first-order valence-electron chi connectivity index (χ1n) is 7.12. The summed E-state index contributed by atoms with van der Waals surface area (Å²) in [5.41, 5.74) is 0.210. The molecule has 1 rings (SSSR count). The first kappa shape index (κ1) is 15.9. The second kappa shape index (κ2) is 6.85. The van der Waals surface area contributed by atoms with Crippen molar-refractivity contribution in [2.24, 2.45) is 5.92 Å². The summed E-state index contributed by atoms with van der Waals surface area (Å²) in [6.07, 6.45) is 1.95. The number of nitrogens with zero attached hydrogens (tertiary/aromatic N) is 2. The van der Waals surface area contributed by atoms with Gasteiger partial charge in [-0.3, -0.25) is 10.2 Å². The van der Waals surface area contributed by atoms with Gasteiger partial charge in [-0.25, -0.2) is 0 Å². The number of likely N-dealkylation sites (N-methyl/N-ethyl adjacent to an activating group) is 1. The molecule has 0 aliphatic carbocycles. The van der Waals surface area contributed by atoms with Crippen molar-refractivity contribution in [1.82, 2.24) is 15.1 Å². The molecule has 0 amide bonds. The SMILES string of the molecule is CN(C)CCNC(O)C1CCCN(C(C)(C)C)C1. The first-order valence-corrected chi connectivity index (χ1v) is 7.12. The largest absolute Gasteiger partial charge is 0.378 e. The molecule has 1 saturated heterocycles. The van der Waals surface area contributed by atoms with E-state index in [1.165, 1.54) is 6.42 Å². The quantitative estimate of drug-likeness (QED) is 0.720. The van der Waals surface area contributed by atoms with Gasteiger partial charge in [-0.2, -0.15) is 0 Å². The number of aliphatic hydroxyl groups excluding tert-OH is 1. The summed E-state index contributed by atoms with van der Waals surface area (Å²) in [5, 5.41) is 13.5. The molecule has 0 radical (unpaired) electrons. The molecular formula is C14H31N3O. The van der Waals surface area contributed by atoms with Crippen molar-refractivity contribution in [3.05, 3.63) is 0 Å². The van der Waals surface area contributed by atoms with Gasteiger partial charge in [0.15, 0.2) is 0 Å². The van der Waals surface area contributed by atoms with E-state index in [1.807, 2.05) is 0 Å². The predicted molar refractivity (Wildman–Crippen MR) is 76.6 cm³/mol. The topological polar surface area (TPSA) is 38.7 Å². The minimum atomic E-state index is -0.366. The Kier molecular flexibility index (Phi) is 6.05. The number of aliphatic hydroxyl groups is 1. The van der Waals surface area contributed by atoms with E-state index in [4.69, 9.17) is 0 Å². The van der Waals surface area contributed by atoms with Crippen molar-refractivity contribution in [3.8, 4) is 0 Å². The smallest absolute Gasteiger partial charge is 0.109 e. The Morgan fingerprint density at radius 3 is 2.61 bits per heavy atom. The van der Waals surface area contributed by atoms with Crippen LogP contribution >= 0.6 is 0 Å². The number of rotatable bonds is 5. The van der Waals surface area contributed by atoms with Crippen molar-refractivity contribution >= 4 is 0 Å². The molecule has 4 heteroatoms. The van der Waals surface area contributed by atoms with E-state index in [0.29, 0.717) is 5.92 Å². The lowest BCUT2D eigenvalue weighted by Gasteiger charge is -2.43. The van der Waals surface area contributed by atoms with Gasteiger partial charge in [0, 0.05) is 31.1 Å². The highest BCUT2D eigenvalue weighted by Gasteiger charge is 2.30. The number of piperidine rings is 1. The summed E-state index contributed by atoms with van der Waals surface area (Å²) in [6, 6.07) is 0. The Morgan fingerprint density at radius 1 is 1.39 bits per heavy atom. The second-order valence-corrected chi connectivity index (χ2v) is 6.72. The Morgan fingerprint density at radius 2 is 2.06 bits per heavy atom. The number of likely N-dealkylation sites (tertiary alicyclic amines) is 1. The molecule has 2 atom stereocenters. The molecule has 0 aromatic rings. The summed E-state index contributed by atoms with van der Waals surface area (Å²) in [7, 11) is 4.10. The first-order chi connectivity index (χ1) is 8.30. The molecule has 2 N–H and O–H groups in total. The van der Waals surface area contributed by atoms with E-state index in [-0.39, 0.29) is 11.8 Å². The third-order valence-corrected chi connectivity index (χ3v) is 3.77. The molecule has 0 aromatic heterocycles. The minimum absolute atomic E-state index is 0.210. The Hall–Kier alpha value is -0.160. The lowest BCUT2D eigenvalue weighted by molar-refractivity contribution is 0.000260. The van der Waals surface area contributed by atoms with Gasteiger partial charge in [-0.15, -0.1) is 0 Å². The van der Waals surface area contributed by atoms with E-state index in [2.05, 4.69) is 50.0 Å². The van der Waals surface area contributed by atoms with Crippen LogP contribution < -0.4 is 5.32 Å². The normalized spacial score (nSPS) is 24.5. The summed E-state index contributed by atoms with van der Waals surface area (Å²) in [6.45, 7) is 10.7. The molecule has 18 heavy (non-hydrogen) atoms. The molecular weight excluding hydrogens is 226 g/mol. The molecule has 1 fully saturated rings. The summed E-state index contributed by atoms with van der Waals surface area (Å²) in [4.78, 5) is 4.61. The van der Waals surface area contributed by atoms with Crippen LogP contribution in [0.15, 0.2) is 0 Å². The highest BCUT2D eigenvalue weighted by molar-refractivity contribution is 4.84. The van der Waals surface area contributed by atoms with Crippen LogP contribution in [0.25, 0.3) is 0 Å². The van der Waals surface area contributed by atoms with Gasteiger partial charge in [0.2, 0.25) is 0 Å². The molecule has 1 aliphatic heterocycles. The number of nitrogens with one attached hydrogen (secondary N) is 1. The van der Waals surface area contributed by atoms with Crippen molar-refractivity contribution in [1.29, 1.82) is 0 Å². The van der Waals surface area contributed by atoms with Gasteiger partial charge in [-0.1, -0.05) is 0 Å². The highest BCUT2D eigenvalue weighted by Crippen LogP contribution is 2.24. The summed E-state index contributed by atoms with van der Waals surface area (Å²) in [5.74, 6) is 0.361. The van der Waals surface area contributed by atoms with Gasteiger partial charge in [0.05, 0.1) is 0 Å². The zero-order chi connectivity index (χ0) is 13.8. The third kappa shape index (κ3) is 5.22. The fourth-order valence-corrected chi connectivity index (χ4v) is 2.48. The van der Waals surface area contributed by atoms with E-state index in [9.17, 15) is 5.11 Å². The van der Waals surface area contributed by atoms with Gasteiger partial charge in [0.1, 0.15) is 6.23 Å². The second-order valence-electron chi connectivity index (χ2n) is 6.72. The highest BCUT2D eigenvalue weighted by atomic mass is 16.3. The van der Waals surface area contributed by atoms with Gasteiger partial charge < -0.3 is 10.0 Å². The molecule has 0 spiro atoms. The van der Waals surface area contributed by atoms with Crippen LogP contribution in [0.1, 0.15) is 33.6 Å². The molecule has 1 heterocycles. The van der Waals surface area contributed by atoms with Gasteiger partial charge in [0.25, 0.3) is 0 Å². The van der Waals surface area contributed by atoms with Crippen molar-refractivity contribution in [2.45, 2.75) is 45.4 Å². The predicted octanol–water partition coefficient (Wildman–Crippen LogP) is 0.967. The fourth-order valence-electron chi connectivity index (χ4n) is 2.48. The Balaban J connectivity index is 2.36. The zero-order valence-electron chi connectivity index (χ0n) is 12.7. The van der Waals surface area contributed by atoms with Crippen LogP contribution in [-0.4, -0.2) is 66.9 Å². The number of hydrogen-bond donors (Lipinski definition) is 2. The molecule has 2 unspecified atom stereocenters. The maximum Gasteiger partial charge on any atom is 0.109 e. The average molecular weight is 257 g/mol.